The molecule has 0 aromatic carbocycles. The Morgan fingerprint density at radius 1 is 1.10 bits per heavy atom. The van der Waals surface area contributed by atoms with Gasteiger partial charge < -0.3 is 16.0 Å². The SMILES string of the molecule is NCC1CCCCC1C(=O)NCCCN1CCCCC1. The fraction of sp³-hybridized carbons (Fsp3) is 0.938. The van der Waals surface area contributed by atoms with Gasteiger partial charge in [-0.3, -0.25) is 4.79 Å². The summed E-state index contributed by atoms with van der Waals surface area (Å²) in [4.78, 5) is 14.8. The molecule has 1 aliphatic carbocycles. The highest BCUT2D eigenvalue weighted by Crippen LogP contribution is 2.29. The van der Waals surface area contributed by atoms with Crippen LogP contribution in [-0.2, 0) is 4.79 Å². The Kier molecular flexibility index (Phi) is 6.80. The minimum atomic E-state index is 0.170. The lowest BCUT2D eigenvalue weighted by molar-refractivity contribution is -0.127. The Morgan fingerprint density at radius 2 is 1.85 bits per heavy atom. The smallest absolute Gasteiger partial charge is 0.223 e. The van der Waals surface area contributed by atoms with Gasteiger partial charge in [0.1, 0.15) is 0 Å². The lowest BCUT2D eigenvalue weighted by Crippen LogP contribution is -2.40. The van der Waals surface area contributed by atoms with Gasteiger partial charge >= 0.3 is 0 Å². The first-order valence-electron chi connectivity index (χ1n) is 8.51. The number of likely N-dealkylation sites (tertiary alicyclic amines) is 1. The maximum atomic E-state index is 12.2. The molecule has 2 fully saturated rings. The Balaban J connectivity index is 1.61. The van der Waals surface area contributed by atoms with Crippen LogP contribution in [0.5, 0.6) is 0 Å². The lowest BCUT2D eigenvalue weighted by Gasteiger charge is -2.30. The number of hydrogen-bond acceptors (Lipinski definition) is 3. The summed E-state index contributed by atoms with van der Waals surface area (Å²) in [5, 5.41) is 3.14. The van der Waals surface area contributed by atoms with Crippen molar-refractivity contribution in [1.29, 1.82) is 0 Å². The largest absolute Gasteiger partial charge is 0.356 e. The fourth-order valence-corrected chi connectivity index (χ4v) is 3.66. The van der Waals surface area contributed by atoms with Crippen molar-refractivity contribution < 1.29 is 4.79 Å². The van der Waals surface area contributed by atoms with Crippen molar-refractivity contribution in [3.8, 4) is 0 Å². The van der Waals surface area contributed by atoms with Crippen molar-refractivity contribution in [3.05, 3.63) is 0 Å². The number of hydrogen-bond donors (Lipinski definition) is 2. The third kappa shape index (κ3) is 4.74. The van der Waals surface area contributed by atoms with E-state index in [1.807, 2.05) is 0 Å². The van der Waals surface area contributed by atoms with Gasteiger partial charge in [-0.1, -0.05) is 19.3 Å². The first-order valence-corrected chi connectivity index (χ1v) is 8.51. The van der Waals surface area contributed by atoms with Crippen molar-refractivity contribution in [3.63, 3.8) is 0 Å². The van der Waals surface area contributed by atoms with Gasteiger partial charge in [0, 0.05) is 12.5 Å². The van der Waals surface area contributed by atoms with Crippen LogP contribution in [0.2, 0.25) is 0 Å². The highest BCUT2D eigenvalue weighted by atomic mass is 16.1. The molecule has 2 aliphatic rings. The van der Waals surface area contributed by atoms with Crippen molar-refractivity contribution in [2.24, 2.45) is 17.6 Å². The molecule has 2 unspecified atom stereocenters. The van der Waals surface area contributed by atoms with Gasteiger partial charge in [-0.25, -0.2) is 0 Å². The molecule has 3 N–H and O–H groups in total. The summed E-state index contributed by atoms with van der Waals surface area (Å²) in [7, 11) is 0. The molecule has 1 aliphatic heterocycles. The van der Waals surface area contributed by atoms with E-state index < -0.39 is 0 Å². The molecule has 116 valence electrons. The number of nitrogens with zero attached hydrogens (tertiary/aromatic N) is 1. The first-order chi connectivity index (χ1) is 9.81. The van der Waals surface area contributed by atoms with E-state index in [0.717, 1.165) is 32.4 Å². The molecule has 0 spiro atoms. The zero-order valence-electron chi connectivity index (χ0n) is 12.8. The second-order valence-electron chi connectivity index (χ2n) is 6.43. The fourth-order valence-electron chi connectivity index (χ4n) is 3.66. The van der Waals surface area contributed by atoms with Gasteiger partial charge in [-0.05, 0) is 64.2 Å². The summed E-state index contributed by atoms with van der Waals surface area (Å²) in [5.41, 5.74) is 5.80. The van der Waals surface area contributed by atoms with Gasteiger partial charge in [-0.15, -0.1) is 0 Å². The third-order valence-electron chi connectivity index (χ3n) is 4.95. The molecular formula is C16H31N3O. The van der Waals surface area contributed by atoms with Gasteiger partial charge in [0.25, 0.3) is 0 Å². The van der Waals surface area contributed by atoms with Crippen LogP contribution in [0, 0.1) is 11.8 Å². The second kappa shape index (κ2) is 8.63. The van der Waals surface area contributed by atoms with E-state index in [1.165, 1.54) is 45.2 Å². The quantitative estimate of drug-likeness (QED) is 0.729. The molecule has 1 saturated carbocycles. The first kappa shape index (κ1) is 15.8. The van der Waals surface area contributed by atoms with Crippen LogP contribution in [0.3, 0.4) is 0 Å². The molecule has 0 aromatic heterocycles. The predicted molar refractivity (Wildman–Crippen MR) is 82.4 cm³/mol. The molecule has 2 atom stereocenters. The molecule has 1 amide bonds. The number of rotatable bonds is 6. The Hall–Kier alpha value is -0.610. The van der Waals surface area contributed by atoms with E-state index in [2.05, 4.69) is 10.2 Å². The Labute approximate surface area is 123 Å². The van der Waals surface area contributed by atoms with E-state index >= 15 is 0 Å². The number of carbonyl (C=O) groups is 1. The van der Waals surface area contributed by atoms with Crippen molar-refractivity contribution in [2.75, 3.05) is 32.7 Å². The number of nitrogens with two attached hydrogens (primary N) is 1. The van der Waals surface area contributed by atoms with E-state index in [9.17, 15) is 4.79 Å². The van der Waals surface area contributed by atoms with E-state index in [-0.39, 0.29) is 11.8 Å². The summed E-state index contributed by atoms with van der Waals surface area (Å²) >= 11 is 0. The van der Waals surface area contributed by atoms with E-state index in [1.54, 1.807) is 0 Å². The van der Waals surface area contributed by atoms with E-state index in [0.29, 0.717) is 12.5 Å². The minimum Gasteiger partial charge on any atom is -0.356 e. The number of carbonyl (C=O) groups excluding carboxylic acids is 1. The molecule has 20 heavy (non-hydrogen) atoms. The maximum absolute atomic E-state index is 12.2. The zero-order chi connectivity index (χ0) is 14.2. The third-order valence-corrected chi connectivity index (χ3v) is 4.95. The van der Waals surface area contributed by atoms with Gasteiger partial charge in [0.05, 0.1) is 0 Å². The van der Waals surface area contributed by atoms with Crippen molar-refractivity contribution >= 4 is 5.91 Å². The maximum Gasteiger partial charge on any atom is 0.223 e. The van der Waals surface area contributed by atoms with Crippen LogP contribution in [0.15, 0.2) is 0 Å². The summed E-state index contributed by atoms with van der Waals surface area (Å²) < 4.78 is 0. The highest BCUT2D eigenvalue weighted by molar-refractivity contribution is 5.79. The molecule has 4 nitrogen and oxygen atoms in total. The van der Waals surface area contributed by atoms with E-state index in [4.69, 9.17) is 5.73 Å². The monoisotopic (exact) mass is 281 g/mol. The number of piperidine rings is 1. The molecule has 0 bridgehead atoms. The molecular weight excluding hydrogens is 250 g/mol. The summed E-state index contributed by atoms with van der Waals surface area (Å²) in [6.45, 7) is 5.10. The van der Waals surface area contributed by atoms with Crippen LogP contribution in [0.1, 0.15) is 51.4 Å². The molecule has 1 heterocycles. The van der Waals surface area contributed by atoms with Crippen LogP contribution < -0.4 is 11.1 Å². The van der Waals surface area contributed by atoms with Gasteiger partial charge in [-0.2, -0.15) is 0 Å². The molecule has 2 rings (SSSR count). The van der Waals surface area contributed by atoms with Crippen LogP contribution >= 0.6 is 0 Å². The Bertz CT molecular complexity index is 289. The average Bonchev–Trinajstić information content (AvgIpc) is 2.52. The Morgan fingerprint density at radius 3 is 2.60 bits per heavy atom. The normalized spacial score (nSPS) is 28.2. The van der Waals surface area contributed by atoms with Gasteiger partial charge in [0.2, 0.25) is 5.91 Å². The highest BCUT2D eigenvalue weighted by Gasteiger charge is 2.29. The predicted octanol–water partition coefficient (Wildman–Crippen LogP) is 1.74. The molecule has 4 heteroatoms. The zero-order valence-corrected chi connectivity index (χ0v) is 12.8. The number of amides is 1. The van der Waals surface area contributed by atoms with Crippen LogP contribution in [-0.4, -0.2) is 43.5 Å². The average molecular weight is 281 g/mol. The van der Waals surface area contributed by atoms with Gasteiger partial charge in [0.15, 0.2) is 0 Å². The van der Waals surface area contributed by atoms with Crippen LogP contribution in [0.25, 0.3) is 0 Å². The minimum absolute atomic E-state index is 0.170. The molecule has 0 aromatic rings. The molecule has 0 radical (unpaired) electrons. The standard InChI is InChI=1S/C16H31N3O/c17-13-14-7-2-3-8-15(14)16(20)18-9-6-12-19-10-4-1-5-11-19/h14-15H,1-13,17H2,(H,18,20). The number of nitrogens with one attached hydrogen (secondary N) is 1. The van der Waals surface area contributed by atoms with Crippen molar-refractivity contribution in [2.45, 2.75) is 51.4 Å². The summed E-state index contributed by atoms with van der Waals surface area (Å²) in [6, 6.07) is 0. The lowest BCUT2D eigenvalue weighted by atomic mass is 9.79. The van der Waals surface area contributed by atoms with Crippen LogP contribution in [0.4, 0.5) is 0 Å². The topological polar surface area (TPSA) is 58.4 Å². The molecule has 1 saturated heterocycles. The summed E-state index contributed by atoms with van der Waals surface area (Å²) in [5.74, 6) is 0.827. The second-order valence-corrected chi connectivity index (χ2v) is 6.43. The van der Waals surface area contributed by atoms with Crippen molar-refractivity contribution in [1.82, 2.24) is 10.2 Å². The summed E-state index contributed by atoms with van der Waals surface area (Å²) in [6.07, 6.45) is 9.71.